The van der Waals surface area contributed by atoms with Gasteiger partial charge in [-0.1, -0.05) is 36.4 Å². The van der Waals surface area contributed by atoms with E-state index in [1.165, 1.54) is 0 Å². The Bertz CT molecular complexity index is 724. The first-order chi connectivity index (χ1) is 11.9. The number of halogens is 1. The maximum atomic E-state index is 12.9. The van der Waals surface area contributed by atoms with Crippen molar-refractivity contribution in [2.75, 3.05) is 20.2 Å². The molecule has 1 aliphatic rings. The standard InChI is InChI=1S/C21H25NO3.ClH/c1-21(2,3)22(4)13-14-24-20(23)19-15-9-5-7-11-17(15)25-18-12-8-6-10-16(18)19;/h5-12,19H,13-14H2,1-4H3;1H. The molecule has 2 aromatic carbocycles. The number of para-hydroxylation sites is 2. The van der Waals surface area contributed by atoms with Gasteiger partial charge in [0.05, 0.1) is 0 Å². The highest BCUT2D eigenvalue weighted by Gasteiger charge is 2.33. The summed E-state index contributed by atoms with van der Waals surface area (Å²) < 4.78 is 11.6. The minimum absolute atomic E-state index is 0. The van der Waals surface area contributed by atoms with Gasteiger partial charge in [-0.15, -0.1) is 12.4 Å². The van der Waals surface area contributed by atoms with E-state index in [9.17, 15) is 4.79 Å². The van der Waals surface area contributed by atoms with E-state index in [1.54, 1.807) is 0 Å². The summed E-state index contributed by atoms with van der Waals surface area (Å²) in [7, 11) is 2.03. The van der Waals surface area contributed by atoms with Crippen molar-refractivity contribution in [2.24, 2.45) is 0 Å². The molecule has 140 valence electrons. The average Bonchev–Trinajstić information content (AvgIpc) is 2.58. The zero-order valence-electron chi connectivity index (χ0n) is 15.7. The Hall–Kier alpha value is -2.04. The quantitative estimate of drug-likeness (QED) is 0.731. The summed E-state index contributed by atoms with van der Waals surface area (Å²) in [6.07, 6.45) is 0. The Morgan fingerprint density at radius 2 is 1.54 bits per heavy atom. The van der Waals surface area contributed by atoms with Crippen LogP contribution in [-0.2, 0) is 9.53 Å². The topological polar surface area (TPSA) is 38.8 Å². The van der Waals surface area contributed by atoms with Crippen LogP contribution in [0.15, 0.2) is 48.5 Å². The van der Waals surface area contributed by atoms with Gasteiger partial charge in [-0.3, -0.25) is 9.69 Å². The molecule has 0 saturated carbocycles. The molecule has 2 aromatic rings. The number of hydrogen-bond donors (Lipinski definition) is 0. The van der Waals surface area contributed by atoms with Crippen molar-refractivity contribution < 1.29 is 14.3 Å². The Morgan fingerprint density at radius 3 is 2.04 bits per heavy atom. The molecule has 5 heteroatoms. The largest absolute Gasteiger partial charge is 0.464 e. The lowest BCUT2D eigenvalue weighted by molar-refractivity contribution is -0.145. The summed E-state index contributed by atoms with van der Waals surface area (Å²) >= 11 is 0. The Morgan fingerprint density at radius 1 is 1.04 bits per heavy atom. The van der Waals surface area contributed by atoms with E-state index in [4.69, 9.17) is 9.47 Å². The highest BCUT2D eigenvalue weighted by atomic mass is 35.5. The lowest BCUT2D eigenvalue weighted by Gasteiger charge is -2.32. The highest BCUT2D eigenvalue weighted by Crippen LogP contribution is 2.44. The van der Waals surface area contributed by atoms with Crippen molar-refractivity contribution in [1.82, 2.24) is 4.90 Å². The fourth-order valence-electron chi connectivity index (χ4n) is 2.87. The third-order valence-electron chi connectivity index (χ3n) is 4.73. The van der Waals surface area contributed by atoms with E-state index >= 15 is 0 Å². The van der Waals surface area contributed by atoms with Crippen molar-refractivity contribution in [3.05, 3.63) is 59.7 Å². The predicted octanol–water partition coefficient (Wildman–Crippen LogP) is 4.62. The van der Waals surface area contributed by atoms with E-state index in [2.05, 4.69) is 25.7 Å². The van der Waals surface area contributed by atoms with Gasteiger partial charge in [0.2, 0.25) is 0 Å². The second-order valence-electron chi connectivity index (χ2n) is 7.37. The maximum absolute atomic E-state index is 12.9. The molecule has 1 aliphatic heterocycles. The van der Waals surface area contributed by atoms with Crippen LogP contribution in [0, 0.1) is 0 Å². The Balaban J connectivity index is 0.00000243. The number of nitrogens with zero attached hydrogens (tertiary/aromatic N) is 1. The first-order valence-electron chi connectivity index (χ1n) is 8.61. The van der Waals surface area contributed by atoms with E-state index in [0.717, 1.165) is 22.6 Å². The molecule has 0 radical (unpaired) electrons. The van der Waals surface area contributed by atoms with Crippen LogP contribution in [0.2, 0.25) is 0 Å². The SMILES string of the molecule is CN(CCOC(=O)C1c2ccccc2Oc2ccccc21)C(C)(C)C.Cl. The van der Waals surface area contributed by atoms with Crippen LogP contribution < -0.4 is 4.74 Å². The van der Waals surface area contributed by atoms with E-state index in [1.807, 2.05) is 55.6 Å². The average molecular weight is 376 g/mol. The molecule has 0 N–H and O–H groups in total. The van der Waals surface area contributed by atoms with Crippen LogP contribution >= 0.6 is 12.4 Å². The summed E-state index contributed by atoms with van der Waals surface area (Å²) in [4.78, 5) is 15.0. The summed E-state index contributed by atoms with van der Waals surface area (Å²) in [5.41, 5.74) is 1.76. The van der Waals surface area contributed by atoms with Crippen LogP contribution in [0.25, 0.3) is 0 Å². The highest BCUT2D eigenvalue weighted by molar-refractivity contribution is 5.85. The van der Waals surface area contributed by atoms with Crippen molar-refractivity contribution in [3.63, 3.8) is 0 Å². The fraction of sp³-hybridized carbons (Fsp3) is 0.381. The number of esters is 1. The molecule has 0 saturated heterocycles. The van der Waals surface area contributed by atoms with Gasteiger partial charge in [-0.25, -0.2) is 0 Å². The van der Waals surface area contributed by atoms with E-state index < -0.39 is 5.92 Å². The minimum atomic E-state index is -0.443. The zero-order chi connectivity index (χ0) is 18.0. The second-order valence-corrected chi connectivity index (χ2v) is 7.37. The molecule has 0 fully saturated rings. The summed E-state index contributed by atoms with van der Waals surface area (Å²) in [6.45, 7) is 7.48. The molecule has 0 atom stereocenters. The first-order valence-corrected chi connectivity index (χ1v) is 8.61. The monoisotopic (exact) mass is 375 g/mol. The molecular formula is C21H26ClNO3. The molecule has 0 unspecified atom stereocenters. The van der Waals surface area contributed by atoms with E-state index in [0.29, 0.717) is 13.2 Å². The molecule has 26 heavy (non-hydrogen) atoms. The molecule has 0 amide bonds. The van der Waals surface area contributed by atoms with Gasteiger partial charge in [0, 0.05) is 23.2 Å². The van der Waals surface area contributed by atoms with Crippen molar-refractivity contribution in [3.8, 4) is 11.5 Å². The van der Waals surface area contributed by atoms with Crippen LogP contribution in [0.5, 0.6) is 11.5 Å². The van der Waals surface area contributed by atoms with Crippen molar-refractivity contribution in [2.45, 2.75) is 32.2 Å². The van der Waals surface area contributed by atoms with Gasteiger partial charge in [0.15, 0.2) is 0 Å². The number of rotatable bonds is 4. The number of hydrogen-bond acceptors (Lipinski definition) is 4. The number of carbonyl (C=O) groups excluding carboxylic acids is 1. The molecule has 0 aliphatic carbocycles. The molecule has 4 nitrogen and oxygen atoms in total. The molecule has 0 spiro atoms. The minimum Gasteiger partial charge on any atom is -0.464 e. The molecule has 3 rings (SSSR count). The second kappa shape index (κ2) is 8.11. The number of ether oxygens (including phenoxy) is 2. The van der Waals surface area contributed by atoms with Crippen molar-refractivity contribution >= 4 is 18.4 Å². The Labute approximate surface area is 161 Å². The Kier molecular flexibility index (Phi) is 6.32. The van der Waals surface area contributed by atoms with Crippen LogP contribution in [-0.4, -0.2) is 36.6 Å². The normalized spacial score (nSPS) is 13.3. The maximum Gasteiger partial charge on any atom is 0.318 e. The van der Waals surface area contributed by atoms with E-state index in [-0.39, 0.29) is 23.9 Å². The number of fused-ring (bicyclic) bond motifs is 2. The summed E-state index contributed by atoms with van der Waals surface area (Å²) in [5.74, 6) is 0.761. The molecule has 1 heterocycles. The fourth-order valence-corrected chi connectivity index (χ4v) is 2.87. The first kappa shape index (κ1) is 20.3. The van der Waals surface area contributed by atoms with Crippen molar-refractivity contribution in [1.29, 1.82) is 0 Å². The zero-order valence-corrected chi connectivity index (χ0v) is 16.5. The van der Waals surface area contributed by atoms with Gasteiger partial charge in [-0.2, -0.15) is 0 Å². The van der Waals surface area contributed by atoms with Crippen LogP contribution in [0.3, 0.4) is 0 Å². The smallest absolute Gasteiger partial charge is 0.318 e. The summed E-state index contributed by atoms with van der Waals surface area (Å²) in [5, 5.41) is 0. The van der Waals surface area contributed by atoms with Gasteiger partial charge in [0.25, 0.3) is 0 Å². The van der Waals surface area contributed by atoms with Gasteiger partial charge in [0.1, 0.15) is 24.0 Å². The molecule has 0 bridgehead atoms. The molecular weight excluding hydrogens is 350 g/mol. The van der Waals surface area contributed by atoms with Gasteiger partial charge >= 0.3 is 5.97 Å². The number of carbonyl (C=O) groups is 1. The number of benzene rings is 2. The third kappa shape index (κ3) is 4.19. The lowest BCUT2D eigenvalue weighted by Crippen LogP contribution is -2.40. The lowest BCUT2D eigenvalue weighted by atomic mass is 9.88. The van der Waals surface area contributed by atoms with Gasteiger partial charge in [-0.05, 0) is 40.0 Å². The summed E-state index contributed by atoms with van der Waals surface area (Å²) in [6, 6.07) is 15.3. The molecule has 0 aromatic heterocycles. The van der Waals surface area contributed by atoms with Gasteiger partial charge < -0.3 is 9.47 Å². The predicted molar refractivity (Wildman–Crippen MR) is 105 cm³/mol. The van der Waals surface area contributed by atoms with Crippen LogP contribution in [0.4, 0.5) is 0 Å². The number of likely N-dealkylation sites (N-methyl/N-ethyl adjacent to an activating group) is 1. The third-order valence-corrected chi connectivity index (χ3v) is 4.73. The van der Waals surface area contributed by atoms with Crippen LogP contribution in [0.1, 0.15) is 37.8 Å².